The molecule has 0 aromatic heterocycles. The predicted molar refractivity (Wildman–Crippen MR) is 86.4 cm³/mol. The predicted octanol–water partition coefficient (Wildman–Crippen LogP) is 5.81. The van der Waals surface area contributed by atoms with E-state index in [1.165, 1.54) is 51.4 Å². The van der Waals surface area contributed by atoms with Gasteiger partial charge in [0.15, 0.2) is 0 Å². The maximum absolute atomic E-state index is 9.24. The fraction of sp³-hybridized carbons (Fsp3) is 1.00. The lowest BCUT2D eigenvalue weighted by Gasteiger charge is -2.15. The van der Waals surface area contributed by atoms with E-state index >= 15 is 0 Å². The van der Waals surface area contributed by atoms with Crippen molar-refractivity contribution < 1.29 is 5.11 Å². The summed E-state index contributed by atoms with van der Waals surface area (Å²) in [6, 6.07) is 0. The molecule has 0 amide bonds. The first-order valence-electron chi connectivity index (χ1n) is 8.59. The molecule has 0 spiro atoms. The summed E-state index contributed by atoms with van der Waals surface area (Å²) < 4.78 is 0. The minimum Gasteiger partial charge on any atom is -0.393 e. The molecule has 116 valence electrons. The fourth-order valence-electron chi connectivity index (χ4n) is 2.74. The van der Waals surface area contributed by atoms with Crippen molar-refractivity contribution >= 4 is 0 Å². The van der Waals surface area contributed by atoms with Gasteiger partial charge in [0.25, 0.3) is 0 Å². The van der Waals surface area contributed by atoms with Gasteiger partial charge in [0, 0.05) is 0 Å². The molecule has 0 aromatic carbocycles. The van der Waals surface area contributed by atoms with E-state index in [2.05, 4.69) is 27.7 Å². The van der Waals surface area contributed by atoms with Crippen molar-refractivity contribution in [2.75, 3.05) is 0 Å². The monoisotopic (exact) mass is 270 g/mol. The minimum absolute atomic E-state index is 0.117. The van der Waals surface area contributed by atoms with Crippen LogP contribution in [0.4, 0.5) is 0 Å². The summed E-state index contributed by atoms with van der Waals surface area (Å²) in [5.41, 5.74) is 0. The molecule has 0 radical (unpaired) electrons. The lowest BCUT2D eigenvalue weighted by Crippen LogP contribution is -2.03. The highest BCUT2D eigenvalue weighted by Gasteiger charge is 2.07. The van der Waals surface area contributed by atoms with Gasteiger partial charge in [-0.3, -0.25) is 0 Å². The highest BCUT2D eigenvalue weighted by Crippen LogP contribution is 2.21. The van der Waals surface area contributed by atoms with E-state index in [9.17, 15) is 5.11 Å². The van der Waals surface area contributed by atoms with Gasteiger partial charge in [0.2, 0.25) is 0 Å². The second kappa shape index (κ2) is 11.8. The maximum Gasteiger partial charge on any atom is 0.0512 e. The van der Waals surface area contributed by atoms with Crippen molar-refractivity contribution in [1.29, 1.82) is 0 Å². The highest BCUT2D eigenvalue weighted by atomic mass is 16.3. The molecular formula is C18H38O. The number of aliphatic hydroxyl groups is 1. The van der Waals surface area contributed by atoms with Crippen LogP contribution in [0.5, 0.6) is 0 Å². The Kier molecular flexibility index (Phi) is 11.7. The molecule has 19 heavy (non-hydrogen) atoms. The zero-order valence-electron chi connectivity index (χ0n) is 14.1. The summed E-state index contributed by atoms with van der Waals surface area (Å²) in [5.74, 6) is 2.60. The van der Waals surface area contributed by atoms with Crippen molar-refractivity contribution in [1.82, 2.24) is 0 Å². The van der Waals surface area contributed by atoms with Crippen molar-refractivity contribution in [2.24, 2.45) is 17.8 Å². The molecular weight excluding hydrogens is 232 g/mol. The van der Waals surface area contributed by atoms with Gasteiger partial charge in [0.1, 0.15) is 0 Å². The van der Waals surface area contributed by atoms with Crippen molar-refractivity contribution in [3.63, 3.8) is 0 Å². The minimum atomic E-state index is -0.117. The fourth-order valence-corrected chi connectivity index (χ4v) is 2.74. The van der Waals surface area contributed by atoms with Gasteiger partial charge in [-0.25, -0.2) is 0 Å². The SMILES string of the molecule is CC(C)CCC[C@H](C)CCC[C@H](C)CCC[C@@H](C)O. The summed E-state index contributed by atoms with van der Waals surface area (Å²) >= 11 is 0. The molecule has 0 aromatic rings. The largest absolute Gasteiger partial charge is 0.393 e. The van der Waals surface area contributed by atoms with Crippen LogP contribution >= 0.6 is 0 Å². The van der Waals surface area contributed by atoms with Crippen LogP contribution in [0.1, 0.15) is 92.4 Å². The molecule has 0 rings (SSSR count). The molecule has 0 bridgehead atoms. The van der Waals surface area contributed by atoms with Gasteiger partial charge >= 0.3 is 0 Å². The number of hydrogen-bond acceptors (Lipinski definition) is 1. The van der Waals surface area contributed by atoms with Crippen LogP contribution in [0, 0.1) is 17.8 Å². The number of hydrogen-bond donors (Lipinski definition) is 1. The van der Waals surface area contributed by atoms with Gasteiger partial charge in [0.05, 0.1) is 6.10 Å². The van der Waals surface area contributed by atoms with Gasteiger partial charge in [-0.05, 0) is 31.1 Å². The summed E-state index contributed by atoms with van der Waals surface area (Å²) in [6.07, 6.45) is 11.7. The van der Waals surface area contributed by atoms with Crippen LogP contribution in [0.25, 0.3) is 0 Å². The van der Waals surface area contributed by atoms with Crippen molar-refractivity contribution in [2.45, 2.75) is 98.5 Å². The first kappa shape index (κ1) is 19.0. The molecule has 0 saturated carbocycles. The van der Waals surface area contributed by atoms with Crippen LogP contribution < -0.4 is 0 Å². The van der Waals surface area contributed by atoms with Crippen LogP contribution in [0.15, 0.2) is 0 Å². The topological polar surface area (TPSA) is 20.2 Å². The van der Waals surface area contributed by atoms with E-state index in [1.54, 1.807) is 0 Å². The molecule has 0 saturated heterocycles. The Bertz CT molecular complexity index is 166. The first-order valence-corrected chi connectivity index (χ1v) is 8.59. The van der Waals surface area contributed by atoms with Gasteiger partial charge in [-0.1, -0.05) is 79.1 Å². The number of rotatable bonds is 12. The second-order valence-electron chi connectivity index (χ2n) is 7.25. The Balaban J connectivity index is 3.40. The molecule has 1 nitrogen and oxygen atoms in total. The normalized spacial score (nSPS) is 16.6. The molecule has 0 aliphatic heterocycles. The third-order valence-corrected chi connectivity index (χ3v) is 4.19. The average Bonchev–Trinajstić information content (AvgIpc) is 2.27. The lowest BCUT2D eigenvalue weighted by molar-refractivity contribution is 0.178. The van der Waals surface area contributed by atoms with Crippen molar-refractivity contribution in [3.05, 3.63) is 0 Å². The van der Waals surface area contributed by atoms with E-state index in [4.69, 9.17) is 0 Å². The molecule has 0 heterocycles. The van der Waals surface area contributed by atoms with Gasteiger partial charge in [-0.15, -0.1) is 0 Å². The van der Waals surface area contributed by atoms with Crippen LogP contribution in [-0.4, -0.2) is 11.2 Å². The quantitative estimate of drug-likeness (QED) is 0.474. The summed E-state index contributed by atoms with van der Waals surface area (Å²) in [4.78, 5) is 0. The van der Waals surface area contributed by atoms with E-state index in [0.29, 0.717) is 0 Å². The zero-order valence-corrected chi connectivity index (χ0v) is 14.1. The lowest BCUT2D eigenvalue weighted by atomic mass is 9.92. The smallest absolute Gasteiger partial charge is 0.0512 e. The van der Waals surface area contributed by atoms with E-state index in [-0.39, 0.29) is 6.10 Å². The van der Waals surface area contributed by atoms with E-state index < -0.39 is 0 Å². The maximum atomic E-state index is 9.24. The highest BCUT2D eigenvalue weighted by molar-refractivity contribution is 4.60. The third kappa shape index (κ3) is 14.2. The summed E-state index contributed by atoms with van der Waals surface area (Å²) in [6.45, 7) is 11.3. The van der Waals surface area contributed by atoms with Crippen molar-refractivity contribution in [3.8, 4) is 0 Å². The van der Waals surface area contributed by atoms with Crippen LogP contribution in [0.3, 0.4) is 0 Å². The second-order valence-corrected chi connectivity index (χ2v) is 7.25. The molecule has 0 aliphatic carbocycles. The molecule has 0 fully saturated rings. The zero-order chi connectivity index (χ0) is 14.7. The van der Waals surface area contributed by atoms with Crippen LogP contribution in [0.2, 0.25) is 0 Å². The van der Waals surface area contributed by atoms with Gasteiger partial charge < -0.3 is 5.11 Å². The molecule has 0 unspecified atom stereocenters. The average molecular weight is 271 g/mol. The Labute approximate surface area is 122 Å². The number of aliphatic hydroxyl groups excluding tert-OH is 1. The van der Waals surface area contributed by atoms with E-state index in [0.717, 1.165) is 24.2 Å². The Morgan fingerprint density at radius 1 is 0.579 bits per heavy atom. The molecule has 3 atom stereocenters. The Morgan fingerprint density at radius 3 is 1.32 bits per heavy atom. The Morgan fingerprint density at radius 2 is 0.947 bits per heavy atom. The van der Waals surface area contributed by atoms with Crippen LogP contribution in [-0.2, 0) is 0 Å². The molecule has 1 heteroatoms. The van der Waals surface area contributed by atoms with Gasteiger partial charge in [-0.2, -0.15) is 0 Å². The summed E-state index contributed by atoms with van der Waals surface area (Å²) in [7, 11) is 0. The first-order chi connectivity index (χ1) is 8.91. The molecule has 1 N–H and O–H groups in total. The third-order valence-electron chi connectivity index (χ3n) is 4.19. The Hall–Kier alpha value is -0.0400. The summed E-state index contributed by atoms with van der Waals surface area (Å²) in [5, 5.41) is 9.24. The standard InChI is InChI=1S/C18H38O/c1-15(2)9-6-10-16(3)11-7-12-17(4)13-8-14-18(5)19/h15-19H,6-14H2,1-5H3/t16-,17-,18+/m0/s1. The molecule has 0 aliphatic rings. The van der Waals surface area contributed by atoms with E-state index in [1.807, 2.05) is 6.92 Å².